The summed E-state index contributed by atoms with van der Waals surface area (Å²) in [5.41, 5.74) is 0.635. The fraction of sp³-hybridized carbons (Fsp3) is 0.250. The highest BCUT2D eigenvalue weighted by atomic mass is 16.3. The molecule has 2 atom stereocenters. The van der Waals surface area contributed by atoms with Crippen molar-refractivity contribution < 1.29 is 5.11 Å². The first-order valence-corrected chi connectivity index (χ1v) is 6.66. The summed E-state index contributed by atoms with van der Waals surface area (Å²) in [5, 5.41) is 23.7. The monoisotopic (exact) mass is 267 g/mol. The number of nitrogens with zero attached hydrogens (tertiary/aromatic N) is 2. The summed E-state index contributed by atoms with van der Waals surface area (Å²) >= 11 is 0. The summed E-state index contributed by atoms with van der Waals surface area (Å²) in [7, 11) is 0. The predicted octanol–water partition coefficient (Wildman–Crippen LogP) is 2.97. The van der Waals surface area contributed by atoms with Gasteiger partial charge in [0.1, 0.15) is 0 Å². The van der Waals surface area contributed by atoms with Gasteiger partial charge in [0.2, 0.25) is 0 Å². The van der Waals surface area contributed by atoms with E-state index in [9.17, 15) is 5.11 Å². The lowest BCUT2D eigenvalue weighted by molar-refractivity contribution is 0.0312. The van der Waals surface area contributed by atoms with Gasteiger partial charge >= 0.3 is 0 Å². The Bertz CT molecular complexity index is 719. The van der Waals surface area contributed by atoms with Crippen LogP contribution in [0.4, 0.5) is 0 Å². The highest BCUT2D eigenvalue weighted by Crippen LogP contribution is 2.36. The Morgan fingerprint density at radius 2 is 1.90 bits per heavy atom. The van der Waals surface area contributed by atoms with Crippen LogP contribution in [0.2, 0.25) is 0 Å². The molecule has 0 radical (unpaired) electrons. The van der Waals surface area contributed by atoms with Crippen LogP contribution < -0.4 is 0 Å². The van der Waals surface area contributed by atoms with Crippen LogP contribution >= 0.6 is 0 Å². The van der Waals surface area contributed by atoms with Crippen LogP contribution in [0.1, 0.15) is 31.0 Å². The van der Waals surface area contributed by atoms with Crippen molar-refractivity contribution in [3.05, 3.63) is 59.9 Å². The van der Waals surface area contributed by atoms with Crippen molar-refractivity contribution in [2.45, 2.75) is 25.4 Å². The van der Waals surface area contributed by atoms with Crippen LogP contribution in [0.25, 0.3) is 10.8 Å². The quantitative estimate of drug-likeness (QED) is 0.767. The minimum absolute atomic E-state index is 0.151. The van der Waals surface area contributed by atoms with Crippen molar-refractivity contribution in [1.82, 2.24) is 15.4 Å². The van der Waals surface area contributed by atoms with Crippen LogP contribution in [0.15, 0.2) is 48.7 Å². The Morgan fingerprint density at radius 1 is 1.15 bits per heavy atom. The van der Waals surface area contributed by atoms with E-state index in [-0.39, 0.29) is 5.92 Å². The first-order valence-electron chi connectivity index (χ1n) is 6.66. The molecule has 102 valence electrons. The molecule has 0 fully saturated rings. The average molecular weight is 267 g/mol. The van der Waals surface area contributed by atoms with Gasteiger partial charge in [0.25, 0.3) is 0 Å². The van der Waals surface area contributed by atoms with Gasteiger partial charge in [-0.2, -0.15) is 15.4 Å². The molecule has 2 unspecified atom stereocenters. The third kappa shape index (κ3) is 2.08. The second kappa shape index (κ2) is 4.72. The molecule has 0 saturated heterocycles. The standard InChI is InChI=1S/C16H17N3O/c1-11(15-10-17-19-18-15)16(2,20)14-8-7-12-5-3-4-6-13(12)9-14/h3-11,20H,1-2H3,(H,17,18,19). The van der Waals surface area contributed by atoms with Crippen LogP contribution in [-0.4, -0.2) is 20.5 Å². The molecule has 0 bridgehead atoms. The van der Waals surface area contributed by atoms with Gasteiger partial charge in [-0.1, -0.05) is 43.3 Å². The minimum Gasteiger partial charge on any atom is -0.385 e. The number of H-pyrrole nitrogens is 1. The fourth-order valence-corrected chi connectivity index (χ4v) is 2.46. The van der Waals surface area contributed by atoms with E-state index < -0.39 is 5.60 Å². The van der Waals surface area contributed by atoms with E-state index in [2.05, 4.69) is 27.5 Å². The van der Waals surface area contributed by atoms with Crippen molar-refractivity contribution in [2.75, 3.05) is 0 Å². The van der Waals surface area contributed by atoms with Crippen molar-refractivity contribution >= 4 is 10.8 Å². The van der Waals surface area contributed by atoms with E-state index >= 15 is 0 Å². The lowest BCUT2D eigenvalue weighted by atomic mass is 9.81. The van der Waals surface area contributed by atoms with E-state index in [0.29, 0.717) is 0 Å². The predicted molar refractivity (Wildman–Crippen MR) is 78.3 cm³/mol. The number of aliphatic hydroxyl groups is 1. The SMILES string of the molecule is CC(c1cn[nH]n1)C(C)(O)c1ccc2ccccc2c1. The number of aromatic nitrogens is 3. The van der Waals surface area contributed by atoms with Crippen molar-refractivity contribution in [3.63, 3.8) is 0 Å². The number of hydrogen-bond donors (Lipinski definition) is 2. The molecule has 4 nitrogen and oxygen atoms in total. The number of nitrogens with one attached hydrogen (secondary N) is 1. The van der Waals surface area contributed by atoms with Gasteiger partial charge in [0.15, 0.2) is 0 Å². The number of benzene rings is 2. The Morgan fingerprint density at radius 3 is 2.60 bits per heavy atom. The zero-order chi connectivity index (χ0) is 14.2. The van der Waals surface area contributed by atoms with E-state index in [1.807, 2.05) is 44.2 Å². The highest BCUT2D eigenvalue weighted by molar-refractivity contribution is 5.83. The maximum absolute atomic E-state index is 10.9. The summed E-state index contributed by atoms with van der Waals surface area (Å²) in [6, 6.07) is 14.2. The largest absolute Gasteiger partial charge is 0.385 e. The summed E-state index contributed by atoms with van der Waals surface area (Å²) < 4.78 is 0. The van der Waals surface area contributed by atoms with Gasteiger partial charge in [-0.05, 0) is 29.3 Å². The molecule has 0 saturated carbocycles. The molecule has 20 heavy (non-hydrogen) atoms. The molecule has 1 aromatic heterocycles. The van der Waals surface area contributed by atoms with Gasteiger partial charge in [-0.25, -0.2) is 0 Å². The van der Waals surface area contributed by atoms with E-state index in [1.54, 1.807) is 6.20 Å². The van der Waals surface area contributed by atoms with Crippen molar-refractivity contribution in [2.24, 2.45) is 0 Å². The maximum Gasteiger partial charge on any atom is 0.0950 e. The molecule has 0 aliphatic carbocycles. The average Bonchev–Trinajstić information content (AvgIpc) is 3.00. The van der Waals surface area contributed by atoms with Gasteiger partial charge < -0.3 is 5.11 Å². The number of rotatable bonds is 3. The molecule has 2 N–H and O–H groups in total. The lowest BCUT2D eigenvalue weighted by Crippen LogP contribution is -2.28. The Labute approximate surface area is 117 Å². The Kier molecular flexibility index (Phi) is 3.03. The smallest absolute Gasteiger partial charge is 0.0950 e. The molecule has 3 aromatic rings. The molecular weight excluding hydrogens is 250 g/mol. The van der Waals surface area contributed by atoms with Crippen LogP contribution in [0.3, 0.4) is 0 Å². The zero-order valence-corrected chi connectivity index (χ0v) is 11.5. The molecule has 0 amide bonds. The highest BCUT2D eigenvalue weighted by Gasteiger charge is 2.33. The third-order valence-electron chi connectivity index (χ3n) is 4.05. The normalized spacial score (nSPS) is 15.9. The van der Waals surface area contributed by atoms with Gasteiger partial charge in [-0.15, -0.1) is 0 Å². The summed E-state index contributed by atoms with van der Waals surface area (Å²) in [6.45, 7) is 3.77. The second-order valence-electron chi connectivity index (χ2n) is 5.33. The van der Waals surface area contributed by atoms with E-state index in [4.69, 9.17) is 0 Å². The molecule has 4 heteroatoms. The molecule has 2 aromatic carbocycles. The molecule has 0 aliphatic heterocycles. The fourth-order valence-electron chi connectivity index (χ4n) is 2.46. The summed E-state index contributed by atoms with van der Waals surface area (Å²) in [6.07, 6.45) is 1.65. The Hall–Kier alpha value is -2.20. The molecule has 1 heterocycles. The Balaban J connectivity index is 2.04. The van der Waals surface area contributed by atoms with Gasteiger partial charge in [-0.3, -0.25) is 0 Å². The molecule has 3 rings (SSSR count). The first kappa shape index (κ1) is 12.8. The number of fused-ring (bicyclic) bond motifs is 1. The maximum atomic E-state index is 10.9. The van der Waals surface area contributed by atoms with Crippen molar-refractivity contribution in [1.29, 1.82) is 0 Å². The van der Waals surface area contributed by atoms with Crippen LogP contribution in [0.5, 0.6) is 0 Å². The van der Waals surface area contributed by atoms with Gasteiger partial charge in [0, 0.05) is 5.92 Å². The lowest BCUT2D eigenvalue weighted by Gasteiger charge is -2.29. The molecular formula is C16H17N3O. The zero-order valence-electron chi connectivity index (χ0n) is 11.5. The van der Waals surface area contributed by atoms with Crippen LogP contribution in [-0.2, 0) is 5.60 Å². The molecule has 0 spiro atoms. The summed E-state index contributed by atoms with van der Waals surface area (Å²) in [5.74, 6) is -0.151. The third-order valence-corrected chi connectivity index (χ3v) is 4.05. The minimum atomic E-state index is -0.999. The van der Waals surface area contributed by atoms with Crippen LogP contribution in [0, 0.1) is 0 Å². The van der Waals surface area contributed by atoms with E-state index in [0.717, 1.165) is 16.6 Å². The molecule has 0 aliphatic rings. The van der Waals surface area contributed by atoms with Gasteiger partial charge in [0.05, 0.1) is 17.5 Å². The topological polar surface area (TPSA) is 61.8 Å². The number of hydrogen-bond acceptors (Lipinski definition) is 3. The van der Waals surface area contributed by atoms with E-state index in [1.165, 1.54) is 5.39 Å². The second-order valence-corrected chi connectivity index (χ2v) is 5.33. The number of aromatic amines is 1. The van der Waals surface area contributed by atoms with Crippen molar-refractivity contribution in [3.8, 4) is 0 Å². The summed E-state index contributed by atoms with van der Waals surface area (Å²) in [4.78, 5) is 0. The first-order chi connectivity index (χ1) is 9.59.